The van der Waals surface area contributed by atoms with Gasteiger partial charge in [-0.2, -0.15) is 0 Å². The third-order valence-electron chi connectivity index (χ3n) is 2.22. The van der Waals surface area contributed by atoms with Crippen LogP contribution < -0.4 is 10.1 Å². The minimum absolute atomic E-state index is 0.489. The van der Waals surface area contributed by atoms with Gasteiger partial charge in [-0.05, 0) is 49.6 Å². The average Bonchev–Trinajstić information content (AvgIpc) is 2.34. The second-order valence-electron chi connectivity index (χ2n) is 3.66. The molecule has 0 saturated heterocycles. The quantitative estimate of drug-likeness (QED) is 0.554. The van der Waals surface area contributed by atoms with Crippen molar-refractivity contribution >= 4 is 31.9 Å². The second-order valence-corrected chi connectivity index (χ2v) is 5.37. The van der Waals surface area contributed by atoms with E-state index in [-0.39, 0.29) is 0 Å². The molecule has 1 rings (SSSR count). The Morgan fingerprint density at radius 1 is 1.33 bits per heavy atom. The molecule has 1 aromatic rings. The summed E-state index contributed by atoms with van der Waals surface area (Å²) in [6.07, 6.45) is 1.72. The molecule has 5 heteroatoms. The lowest BCUT2D eigenvalue weighted by Gasteiger charge is -2.11. The molecule has 0 amide bonds. The fourth-order valence-electron chi connectivity index (χ4n) is 1.40. The van der Waals surface area contributed by atoms with Crippen LogP contribution in [-0.2, 0) is 11.3 Å². The van der Waals surface area contributed by atoms with Gasteiger partial charge in [0.05, 0.1) is 15.6 Å². The molecule has 0 radical (unpaired) electrons. The summed E-state index contributed by atoms with van der Waals surface area (Å²) in [6, 6.07) is 4.09. The molecule has 0 spiro atoms. The molecule has 0 heterocycles. The number of hydrogen-bond acceptors (Lipinski definition) is 3. The highest BCUT2D eigenvalue weighted by atomic mass is 79.9. The van der Waals surface area contributed by atoms with Gasteiger partial charge in [0.2, 0.25) is 0 Å². The second kappa shape index (κ2) is 8.69. The van der Waals surface area contributed by atoms with Gasteiger partial charge in [0.1, 0.15) is 12.4 Å². The number of ether oxygens (including phenoxy) is 2. The zero-order valence-corrected chi connectivity index (χ0v) is 13.5. The van der Waals surface area contributed by atoms with Crippen LogP contribution in [0.2, 0.25) is 0 Å². The summed E-state index contributed by atoms with van der Waals surface area (Å²) >= 11 is 7.02. The first-order chi connectivity index (χ1) is 8.69. The molecule has 0 aliphatic heterocycles. The smallest absolute Gasteiger partial charge is 0.148 e. The molecule has 0 unspecified atom stereocenters. The van der Waals surface area contributed by atoms with Crippen molar-refractivity contribution < 1.29 is 9.47 Å². The molecule has 1 N–H and O–H groups in total. The van der Waals surface area contributed by atoms with Gasteiger partial charge in [-0.25, -0.2) is 0 Å². The van der Waals surface area contributed by atoms with E-state index in [2.05, 4.69) is 43.8 Å². The Morgan fingerprint density at radius 3 is 2.56 bits per heavy atom. The predicted octanol–water partition coefficient (Wildman–Crippen LogP) is 3.51. The van der Waals surface area contributed by atoms with Gasteiger partial charge < -0.3 is 14.8 Å². The minimum Gasteiger partial charge on any atom is -0.487 e. The van der Waals surface area contributed by atoms with Crippen molar-refractivity contribution in [1.82, 2.24) is 5.32 Å². The van der Waals surface area contributed by atoms with Gasteiger partial charge in [-0.15, -0.1) is 0 Å². The van der Waals surface area contributed by atoms with Crippen LogP contribution in [0.3, 0.4) is 0 Å². The van der Waals surface area contributed by atoms with Crippen molar-refractivity contribution in [2.24, 2.45) is 0 Å². The Hall–Kier alpha value is -0.360. The lowest BCUT2D eigenvalue weighted by molar-refractivity contribution is 0.199. The summed E-state index contributed by atoms with van der Waals surface area (Å²) in [4.78, 5) is 0. The molecule has 3 nitrogen and oxygen atoms in total. The maximum absolute atomic E-state index is 5.56. The van der Waals surface area contributed by atoms with Gasteiger partial charge in [0.25, 0.3) is 0 Å². The summed E-state index contributed by atoms with van der Waals surface area (Å²) in [7, 11) is 1.70. The highest BCUT2D eigenvalue weighted by molar-refractivity contribution is 9.11. The number of methoxy groups -OCH3 is 1. The molecule has 0 fully saturated rings. The third kappa shape index (κ3) is 5.10. The Balaban J connectivity index is 2.64. The number of rotatable bonds is 8. The molecule has 0 atom stereocenters. The number of benzene rings is 1. The first kappa shape index (κ1) is 15.7. The van der Waals surface area contributed by atoms with Crippen LogP contribution in [0.25, 0.3) is 0 Å². The van der Waals surface area contributed by atoms with Gasteiger partial charge in [-0.1, -0.05) is 12.7 Å². The van der Waals surface area contributed by atoms with Gasteiger partial charge >= 0.3 is 0 Å². The SMILES string of the molecule is C=CCOc1c(Br)cc(CNCCOC)cc1Br. The Kier molecular flexibility index (Phi) is 7.58. The normalized spacial score (nSPS) is 10.4. The molecular formula is C13H17Br2NO2. The maximum atomic E-state index is 5.56. The molecule has 0 aliphatic carbocycles. The molecule has 18 heavy (non-hydrogen) atoms. The number of hydrogen-bond donors (Lipinski definition) is 1. The molecule has 100 valence electrons. The summed E-state index contributed by atoms with van der Waals surface area (Å²) in [5, 5.41) is 3.30. The summed E-state index contributed by atoms with van der Waals surface area (Å²) in [5.41, 5.74) is 1.18. The zero-order chi connectivity index (χ0) is 13.4. The van der Waals surface area contributed by atoms with Gasteiger partial charge in [0.15, 0.2) is 0 Å². The van der Waals surface area contributed by atoms with E-state index < -0.39 is 0 Å². The van der Waals surface area contributed by atoms with E-state index in [1.807, 2.05) is 12.1 Å². The lowest BCUT2D eigenvalue weighted by Crippen LogP contribution is -2.18. The van der Waals surface area contributed by atoms with Crippen LogP contribution in [0.4, 0.5) is 0 Å². The highest BCUT2D eigenvalue weighted by Crippen LogP contribution is 2.34. The van der Waals surface area contributed by atoms with E-state index in [0.717, 1.165) is 27.8 Å². The van der Waals surface area contributed by atoms with Crippen molar-refractivity contribution in [3.8, 4) is 5.75 Å². The number of halogens is 2. The van der Waals surface area contributed by atoms with Crippen molar-refractivity contribution in [3.63, 3.8) is 0 Å². The van der Waals surface area contributed by atoms with E-state index in [4.69, 9.17) is 9.47 Å². The Morgan fingerprint density at radius 2 is 2.00 bits per heavy atom. The molecule has 0 bridgehead atoms. The monoisotopic (exact) mass is 377 g/mol. The minimum atomic E-state index is 0.489. The van der Waals surface area contributed by atoms with E-state index in [9.17, 15) is 0 Å². The first-order valence-electron chi connectivity index (χ1n) is 5.60. The van der Waals surface area contributed by atoms with Crippen molar-refractivity contribution in [1.29, 1.82) is 0 Å². The zero-order valence-electron chi connectivity index (χ0n) is 10.3. The third-order valence-corrected chi connectivity index (χ3v) is 3.39. The lowest BCUT2D eigenvalue weighted by atomic mass is 10.2. The van der Waals surface area contributed by atoms with E-state index in [1.54, 1.807) is 13.2 Å². The van der Waals surface area contributed by atoms with Crippen molar-refractivity contribution in [2.75, 3.05) is 26.9 Å². The average molecular weight is 379 g/mol. The largest absolute Gasteiger partial charge is 0.487 e. The molecule has 0 aromatic heterocycles. The molecule has 1 aromatic carbocycles. The highest BCUT2D eigenvalue weighted by Gasteiger charge is 2.08. The van der Waals surface area contributed by atoms with Crippen molar-refractivity contribution in [3.05, 3.63) is 39.3 Å². The molecule has 0 aliphatic rings. The van der Waals surface area contributed by atoms with E-state index in [1.165, 1.54) is 5.56 Å². The fraction of sp³-hybridized carbons (Fsp3) is 0.385. The standard InChI is InChI=1S/C13H17Br2NO2/c1-3-5-18-13-11(14)7-10(8-12(13)15)9-16-4-6-17-2/h3,7-8,16H,1,4-6,9H2,2H3. The topological polar surface area (TPSA) is 30.5 Å². The van der Waals surface area contributed by atoms with Crippen LogP contribution >= 0.6 is 31.9 Å². The van der Waals surface area contributed by atoms with Crippen LogP contribution in [0.1, 0.15) is 5.56 Å². The maximum Gasteiger partial charge on any atom is 0.148 e. The van der Waals surface area contributed by atoms with Crippen LogP contribution in [-0.4, -0.2) is 26.9 Å². The fourth-order valence-corrected chi connectivity index (χ4v) is 2.91. The van der Waals surface area contributed by atoms with Crippen LogP contribution in [0.5, 0.6) is 5.75 Å². The van der Waals surface area contributed by atoms with Crippen LogP contribution in [0, 0.1) is 0 Å². The molecular weight excluding hydrogens is 362 g/mol. The van der Waals surface area contributed by atoms with Gasteiger partial charge in [0, 0.05) is 20.2 Å². The summed E-state index contributed by atoms with van der Waals surface area (Å²) in [6.45, 7) is 6.46. The summed E-state index contributed by atoms with van der Waals surface area (Å²) in [5.74, 6) is 0.801. The Labute approximate surface area is 125 Å². The van der Waals surface area contributed by atoms with Gasteiger partial charge in [-0.3, -0.25) is 0 Å². The van der Waals surface area contributed by atoms with E-state index >= 15 is 0 Å². The predicted molar refractivity (Wildman–Crippen MR) is 81.1 cm³/mol. The molecule has 0 saturated carbocycles. The van der Waals surface area contributed by atoms with Crippen molar-refractivity contribution in [2.45, 2.75) is 6.54 Å². The van der Waals surface area contributed by atoms with Crippen LogP contribution in [0.15, 0.2) is 33.7 Å². The number of nitrogens with one attached hydrogen (secondary N) is 1. The van der Waals surface area contributed by atoms with E-state index in [0.29, 0.717) is 13.2 Å². The first-order valence-corrected chi connectivity index (χ1v) is 7.19. The Bertz CT molecular complexity index is 374. The summed E-state index contributed by atoms with van der Waals surface area (Å²) < 4.78 is 12.4.